The Bertz CT molecular complexity index is 669. The molecule has 1 aliphatic carbocycles. The largest absolute Gasteiger partial charge is 0.356 e. The van der Waals surface area contributed by atoms with Crippen molar-refractivity contribution in [3.8, 4) is 0 Å². The van der Waals surface area contributed by atoms with Crippen LogP contribution in [0.1, 0.15) is 42.9 Å². The van der Waals surface area contributed by atoms with Crippen LogP contribution >= 0.6 is 24.8 Å². The summed E-state index contributed by atoms with van der Waals surface area (Å²) in [6.07, 6.45) is 7.53. The van der Waals surface area contributed by atoms with Gasteiger partial charge in [0.1, 0.15) is 12.1 Å². The number of piperidine rings is 1. The number of hydrogen-bond acceptors (Lipinski definition) is 4. The molecule has 2 heterocycles. The van der Waals surface area contributed by atoms with Gasteiger partial charge < -0.3 is 10.6 Å². The smallest absolute Gasteiger partial charge is 0.132 e. The van der Waals surface area contributed by atoms with Crippen LogP contribution < -0.4 is 10.6 Å². The van der Waals surface area contributed by atoms with Crippen LogP contribution in [-0.4, -0.2) is 29.1 Å². The van der Waals surface area contributed by atoms with Crippen molar-refractivity contribution in [3.05, 3.63) is 54.0 Å². The van der Waals surface area contributed by atoms with Crippen molar-refractivity contribution in [1.82, 2.24) is 9.97 Å². The maximum Gasteiger partial charge on any atom is 0.132 e. The lowest BCUT2D eigenvalue weighted by molar-refractivity contribution is 0.344. The third-order valence-electron chi connectivity index (χ3n) is 5.57. The fraction of sp³-hybridized carbons (Fsp3) is 0.500. The highest BCUT2D eigenvalue weighted by Crippen LogP contribution is 2.35. The van der Waals surface area contributed by atoms with Gasteiger partial charge in [-0.05, 0) is 43.6 Å². The van der Waals surface area contributed by atoms with Crippen LogP contribution in [-0.2, 0) is 6.42 Å². The summed E-state index contributed by atoms with van der Waals surface area (Å²) in [6, 6.07) is 13.4. The third-order valence-corrected chi connectivity index (χ3v) is 5.57. The molecule has 2 N–H and O–H groups in total. The van der Waals surface area contributed by atoms with Crippen molar-refractivity contribution in [1.29, 1.82) is 0 Å². The van der Waals surface area contributed by atoms with Crippen LogP contribution in [0.2, 0.25) is 0 Å². The molecule has 0 amide bonds. The van der Waals surface area contributed by atoms with Gasteiger partial charge in [-0.25, -0.2) is 9.97 Å². The zero-order valence-electron chi connectivity index (χ0n) is 15.0. The highest BCUT2D eigenvalue weighted by Gasteiger charge is 2.29. The van der Waals surface area contributed by atoms with Gasteiger partial charge in [0.25, 0.3) is 0 Å². The van der Waals surface area contributed by atoms with Crippen molar-refractivity contribution in [2.45, 2.75) is 44.1 Å². The molecule has 1 saturated carbocycles. The number of nitrogens with zero attached hydrogens (tertiary/aromatic N) is 3. The average Bonchev–Trinajstić information content (AvgIpc) is 2.61. The SMILES string of the molecule is Cl.Cl.NC1CC(c2cc(N3CCC(Cc4ccccc4)CC3)ncn2)C1. The summed E-state index contributed by atoms with van der Waals surface area (Å²) in [5, 5.41) is 0. The maximum atomic E-state index is 5.91. The normalized spacial score (nSPS) is 22.7. The molecule has 1 aromatic heterocycles. The van der Waals surface area contributed by atoms with Crippen LogP contribution in [0, 0.1) is 5.92 Å². The van der Waals surface area contributed by atoms with Gasteiger partial charge in [-0.1, -0.05) is 30.3 Å². The molecule has 0 atom stereocenters. The Labute approximate surface area is 168 Å². The van der Waals surface area contributed by atoms with E-state index in [9.17, 15) is 0 Å². The Morgan fingerprint density at radius 3 is 2.35 bits per heavy atom. The van der Waals surface area contributed by atoms with Crippen LogP contribution in [0.5, 0.6) is 0 Å². The third kappa shape index (κ3) is 4.87. The molecule has 6 heteroatoms. The molecule has 1 saturated heterocycles. The first-order valence-corrected chi connectivity index (χ1v) is 9.14. The predicted molar refractivity (Wildman–Crippen MR) is 112 cm³/mol. The second-order valence-electron chi connectivity index (χ2n) is 7.35. The lowest BCUT2D eigenvalue weighted by Crippen LogP contribution is -2.36. The molecule has 0 unspecified atom stereocenters. The van der Waals surface area contributed by atoms with Crippen molar-refractivity contribution >= 4 is 30.6 Å². The van der Waals surface area contributed by atoms with Crippen molar-refractivity contribution in [3.63, 3.8) is 0 Å². The average molecular weight is 395 g/mol. The number of nitrogens with two attached hydrogens (primary N) is 1. The van der Waals surface area contributed by atoms with E-state index in [0.29, 0.717) is 12.0 Å². The highest BCUT2D eigenvalue weighted by molar-refractivity contribution is 5.85. The monoisotopic (exact) mass is 394 g/mol. The van der Waals surface area contributed by atoms with Crippen molar-refractivity contribution < 1.29 is 0 Å². The van der Waals surface area contributed by atoms with E-state index in [-0.39, 0.29) is 24.8 Å². The molecule has 1 aromatic carbocycles. The maximum absolute atomic E-state index is 5.91. The Morgan fingerprint density at radius 2 is 1.69 bits per heavy atom. The Balaban J connectivity index is 0.00000121. The molecular formula is C20H28Cl2N4. The minimum absolute atomic E-state index is 0. The first kappa shape index (κ1) is 20.9. The minimum Gasteiger partial charge on any atom is -0.356 e. The van der Waals surface area contributed by atoms with Gasteiger partial charge in [0.05, 0.1) is 0 Å². The quantitative estimate of drug-likeness (QED) is 0.851. The highest BCUT2D eigenvalue weighted by atomic mass is 35.5. The number of rotatable bonds is 4. The van der Waals surface area contributed by atoms with E-state index >= 15 is 0 Å². The zero-order chi connectivity index (χ0) is 16.4. The molecule has 4 nitrogen and oxygen atoms in total. The molecule has 2 aliphatic rings. The summed E-state index contributed by atoms with van der Waals surface area (Å²) in [7, 11) is 0. The Kier molecular flexibility index (Phi) is 7.69. The summed E-state index contributed by atoms with van der Waals surface area (Å²) in [5.74, 6) is 2.42. The molecule has 0 bridgehead atoms. The van der Waals surface area contributed by atoms with Crippen molar-refractivity contribution in [2.75, 3.05) is 18.0 Å². The predicted octanol–water partition coefficient (Wildman–Crippen LogP) is 3.98. The standard InChI is InChI=1S/C20H26N4.2ClH/c21-18-11-17(12-18)19-13-20(23-14-22-19)24-8-6-16(7-9-24)10-15-4-2-1-3-5-15;;/h1-5,13-14,16-18H,6-12,21H2;2*1H. The van der Waals surface area contributed by atoms with E-state index in [2.05, 4.69) is 51.3 Å². The molecule has 1 aliphatic heterocycles. The second kappa shape index (κ2) is 9.54. The van der Waals surface area contributed by atoms with Crippen LogP contribution in [0.15, 0.2) is 42.7 Å². The first-order chi connectivity index (χ1) is 11.8. The molecule has 4 rings (SSSR count). The zero-order valence-corrected chi connectivity index (χ0v) is 16.6. The van der Waals surface area contributed by atoms with Crippen LogP contribution in [0.4, 0.5) is 5.82 Å². The fourth-order valence-corrected chi connectivity index (χ4v) is 3.97. The molecule has 2 aromatic rings. The van der Waals surface area contributed by atoms with Gasteiger partial charge in [-0.3, -0.25) is 0 Å². The number of halogens is 2. The number of anilines is 1. The van der Waals surface area contributed by atoms with E-state index in [4.69, 9.17) is 5.73 Å². The Hall–Kier alpha value is -1.36. The molecule has 26 heavy (non-hydrogen) atoms. The van der Waals surface area contributed by atoms with E-state index in [1.807, 2.05) is 0 Å². The first-order valence-electron chi connectivity index (χ1n) is 9.14. The van der Waals surface area contributed by atoms with Gasteiger partial charge in [-0.2, -0.15) is 0 Å². The Morgan fingerprint density at radius 1 is 1.00 bits per heavy atom. The number of hydrogen-bond donors (Lipinski definition) is 1. The molecular weight excluding hydrogens is 367 g/mol. The summed E-state index contributed by atoms with van der Waals surface area (Å²) in [5.41, 5.74) is 8.55. The topological polar surface area (TPSA) is 55.0 Å². The molecule has 0 spiro atoms. The second-order valence-corrected chi connectivity index (χ2v) is 7.35. The van der Waals surface area contributed by atoms with Crippen LogP contribution in [0.3, 0.4) is 0 Å². The van der Waals surface area contributed by atoms with E-state index in [1.54, 1.807) is 6.33 Å². The summed E-state index contributed by atoms with van der Waals surface area (Å²) >= 11 is 0. The minimum atomic E-state index is 0. The van der Waals surface area contributed by atoms with Crippen molar-refractivity contribution in [2.24, 2.45) is 11.7 Å². The lowest BCUT2D eigenvalue weighted by Gasteiger charge is -2.34. The summed E-state index contributed by atoms with van der Waals surface area (Å²) in [4.78, 5) is 11.4. The lowest BCUT2D eigenvalue weighted by atomic mass is 9.78. The van der Waals surface area contributed by atoms with Gasteiger partial charge in [0, 0.05) is 36.8 Å². The summed E-state index contributed by atoms with van der Waals surface area (Å²) < 4.78 is 0. The van der Waals surface area contributed by atoms with E-state index in [1.165, 1.54) is 30.5 Å². The van der Waals surface area contributed by atoms with Gasteiger partial charge in [0.15, 0.2) is 0 Å². The fourth-order valence-electron chi connectivity index (χ4n) is 3.97. The molecule has 2 fully saturated rings. The summed E-state index contributed by atoms with van der Waals surface area (Å²) in [6.45, 7) is 2.19. The number of benzene rings is 1. The van der Waals surface area contributed by atoms with E-state index in [0.717, 1.165) is 37.7 Å². The molecule has 0 radical (unpaired) electrons. The van der Waals surface area contributed by atoms with Crippen LogP contribution in [0.25, 0.3) is 0 Å². The number of aromatic nitrogens is 2. The van der Waals surface area contributed by atoms with Gasteiger partial charge in [-0.15, -0.1) is 24.8 Å². The van der Waals surface area contributed by atoms with Gasteiger partial charge >= 0.3 is 0 Å². The van der Waals surface area contributed by atoms with Gasteiger partial charge in [0.2, 0.25) is 0 Å². The molecule has 142 valence electrons. The van der Waals surface area contributed by atoms with E-state index < -0.39 is 0 Å².